The molecule has 6 rings (SSSR count). The molecular weight excluding hydrogens is 1090 g/mol. The van der Waals surface area contributed by atoms with Crippen LogP contribution in [0.3, 0.4) is 0 Å². The van der Waals surface area contributed by atoms with Crippen LogP contribution in [0.1, 0.15) is 42.6 Å². The highest BCUT2D eigenvalue weighted by molar-refractivity contribution is 14.1. The summed E-state index contributed by atoms with van der Waals surface area (Å²) in [5, 5.41) is 12.4. The first kappa shape index (κ1) is 42.3. The molecule has 0 saturated carbocycles. The Morgan fingerprint density at radius 1 is 0.600 bits per heavy atom. The summed E-state index contributed by atoms with van der Waals surface area (Å²) in [5.41, 5.74) is 1.88. The number of thiophene rings is 2. The number of ether oxygens (including phenoxy) is 4. The Balaban J connectivity index is 1.12. The molecule has 0 aliphatic rings. The second-order valence-corrected chi connectivity index (χ2v) is 19.0. The van der Waals surface area contributed by atoms with Crippen molar-refractivity contribution in [2.24, 2.45) is 0 Å². The van der Waals surface area contributed by atoms with Crippen LogP contribution in [0.2, 0.25) is 0 Å². The fourth-order valence-electron chi connectivity index (χ4n) is 5.98. The van der Waals surface area contributed by atoms with Crippen LogP contribution in [-0.4, -0.2) is 62.4 Å². The Hall–Kier alpha value is -2.32. The van der Waals surface area contributed by atoms with Crippen molar-refractivity contribution in [1.82, 2.24) is 9.80 Å². The lowest BCUT2D eigenvalue weighted by Crippen LogP contribution is -2.38. The zero-order valence-electron chi connectivity index (χ0n) is 30.3. The molecule has 55 heavy (non-hydrogen) atoms. The third-order valence-electron chi connectivity index (χ3n) is 8.89. The third-order valence-corrected chi connectivity index (χ3v) is 13.7. The second kappa shape index (κ2) is 19.4. The summed E-state index contributed by atoms with van der Waals surface area (Å²) < 4.78 is 29.2. The topological polar surface area (TPSA) is 77.5 Å². The summed E-state index contributed by atoms with van der Waals surface area (Å²) >= 11 is 15.1. The van der Waals surface area contributed by atoms with Gasteiger partial charge < -0.3 is 18.9 Å². The van der Waals surface area contributed by atoms with E-state index in [1.807, 2.05) is 86.1 Å². The van der Waals surface area contributed by atoms with Crippen molar-refractivity contribution in [2.45, 2.75) is 43.9 Å². The van der Waals surface area contributed by atoms with Crippen LogP contribution in [0.4, 0.5) is 0 Å². The number of rotatable bonds is 16. The summed E-state index contributed by atoms with van der Waals surface area (Å²) in [4.78, 5) is 30.3. The molecule has 0 saturated heterocycles. The number of halogens is 4. The van der Waals surface area contributed by atoms with E-state index in [2.05, 4.69) is 113 Å². The highest BCUT2D eigenvalue weighted by Gasteiger charge is 2.30. The van der Waals surface area contributed by atoms with Crippen LogP contribution in [0.25, 0.3) is 21.5 Å². The smallest absolute Gasteiger partial charge is 0.318 e. The first-order valence-electron chi connectivity index (χ1n) is 17.2. The van der Waals surface area contributed by atoms with E-state index in [-0.39, 0.29) is 0 Å². The molecule has 0 bridgehead atoms. The number of nitrogens with zero attached hydrogens (tertiary/aromatic N) is 2. The molecule has 2 aromatic heterocycles. The van der Waals surface area contributed by atoms with E-state index < -0.39 is 43.0 Å². The maximum Gasteiger partial charge on any atom is 0.318 e. The monoisotopic (exact) mass is 1130 g/mol. The van der Waals surface area contributed by atoms with Gasteiger partial charge in [-0.1, -0.05) is 24.3 Å². The van der Waals surface area contributed by atoms with E-state index in [4.69, 9.17) is 18.9 Å². The fraction of sp³-hybridized carbons (Fsp3) is 0.268. The number of fused-ring (bicyclic) bond motifs is 2. The van der Waals surface area contributed by atoms with E-state index in [1.54, 1.807) is 32.5 Å². The van der Waals surface area contributed by atoms with Gasteiger partial charge in [0.15, 0.2) is 12.5 Å². The lowest BCUT2D eigenvalue weighted by Gasteiger charge is -2.30. The average molecular weight is 1130 g/mol. The molecule has 4 aromatic carbocycles. The molecule has 0 N–H and O–H groups in total. The van der Waals surface area contributed by atoms with E-state index in [0.717, 1.165) is 48.8 Å². The van der Waals surface area contributed by atoms with Crippen LogP contribution >= 0.6 is 99.7 Å². The molecule has 0 radical (unpaired) electrons. The summed E-state index contributed by atoms with van der Waals surface area (Å²) in [5.74, 6) is 0.0185. The van der Waals surface area contributed by atoms with Crippen molar-refractivity contribution in [3.63, 3.8) is 0 Å². The molecular formula is C41H38Br2I2N2O6S2. The predicted octanol–water partition coefficient (Wildman–Crippen LogP) is 11.8. The number of carbonyl (C=O) groups is 2. The number of esters is 2. The molecule has 4 atom stereocenters. The van der Waals surface area contributed by atoms with Gasteiger partial charge in [-0.05, 0) is 186 Å². The quantitative estimate of drug-likeness (QED) is 0.0411. The number of benzene rings is 4. The van der Waals surface area contributed by atoms with Gasteiger partial charge in [0.25, 0.3) is 0 Å². The Morgan fingerprint density at radius 2 is 0.982 bits per heavy atom. The van der Waals surface area contributed by atoms with E-state index in [1.165, 1.54) is 0 Å². The van der Waals surface area contributed by atoms with E-state index in [0.29, 0.717) is 24.3 Å². The van der Waals surface area contributed by atoms with E-state index in [9.17, 15) is 9.59 Å². The van der Waals surface area contributed by atoms with Crippen molar-refractivity contribution >= 4 is 133 Å². The minimum absolute atomic E-state index is 0.316. The zero-order chi connectivity index (χ0) is 39.2. The molecule has 0 aliphatic heterocycles. The molecule has 0 spiro atoms. The van der Waals surface area contributed by atoms with Crippen LogP contribution in [0, 0.1) is 7.14 Å². The van der Waals surface area contributed by atoms with Crippen molar-refractivity contribution < 1.29 is 28.5 Å². The largest absolute Gasteiger partial charge is 0.485 e. The summed E-state index contributed by atoms with van der Waals surface area (Å²) in [7, 11) is 7.31. The van der Waals surface area contributed by atoms with Crippen molar-refractivity contribution in [1.29, 1.82) is 0 Å². The Morgan fingerprint density at radius 3 is 1.35 bits per heavy atom. The van der Waals surface area contributed by atoms with Crippen molar-refractivity contribution in [2.75, 3.05) is 28.2 Å². The number of carbonyl (C=O) groups excluding carboxylic acids is 2. The normalized spacial score (nSPS) is 13.9. The van der Waals surface area contributed by atoms with Gasteiger partial charge in [-0.2, -0.15) is 22.7 Å². The summed E-state index contributed by atoms with van der Waals surface area (Å²) in [6.45, 7) is 0. The van der Waals surface area contributed by atoms with Crippen molar-refractivity contribution in [3.8, 4) is 11.5 Å². The van der Waals surface area contributed by atoms with Crippen LogP contribution in [0.15, 0.2) is 103 Å². The minimum atomic E-state index is -0.692. The maximum absolute atomic E-state index is 13.4. The first-order chi connectivity index (χ1) is 26.3. The summed E-state index contributed by atoms with van der Waals surface area (Å²) in [6, 6.07) is 24.5. The first-order valence-corrected chi connectivity index (χ1v) is 22.8. The Kier molecular flexibility index (Phi) is 14.9. The second-order valence-electron chi connectivity index (χ2n) is 13.3. The van der Waals surface area contributed by atoms with Gasteiger partial charge in [0.1, 0.15) is 30.1 Å². The van der Waals surface area contributed by atoms with Gasteiger partial charge in [0.2, 0.25) is 0 Å². The number of hydrogen-bond donors (Lipinski definition) is 0. The molecule has 2 heterocycles. The van der Waals surface area contributed by atoms with Crippen LogP contribution in [-0.2, 0) is 19.1 Å². The molecule has 288 valence electrons. The van der Waals surface area contributed by atoms with Crippen molar-refractivity contribution in [3.05, 3.63) is 122 Å². The molecule has 14 heteroatoms. The lowest BCUT2D eigenvalue weighted by atomic mass is 10.1. The van der Waals surface area contributed by atoms with Gasteiger partial charge in [-0.25, -0.2) is 0 Å². The highest BCUT2D eigenvalue weighted by Crippen LogP contribution is 2.37. The lowest BCUT2D eigenvalue weighted by molar-refractivity contribution is -0.171. The third kappa shape index (κ3) is 11.4. The van der Waals surface area contributed by atoms with Gasteiger partial charge in [0, 0.05) is 50.8 Å². The molecule has 6 aromatic rings. The molecule has 0 amide bonds. The minimum Gasteiger partial charge on any atom is -0.485 e. The molecule has 0 fully saturated rings. The Bertz CT molecular complexity index is 2120. The maximum atomic E-state index is 13.4. The Labute approximate surface area is 373 Å². The van der Waals surface area contributed by atoms with Gasteiger partial charge >= 0.3 is 11.9 Å². The summed E-state index contributed by atoms with van der Waals surface area (Å²) in [6.07, 6.45) is -2.21. The average Bonchev–Trinajstić information content (AvgIpc) is 3.77. The van der Waals surface area contributed by atoms with Gasteiger partial charge in [-0.3, -0.25) is 19.4 Å². The molecule has 4 unspecified atom stereocenters. The van der Waals surface area contributed by atoms with Crippen LogP contribution in [0.5, 0.6) is 11.5 Å². The highest BCUT2D eigenvalue weighted by atomic mass is 127. The van der Waals surface area contributed by atoms with Crippen LogP contribution < -0.4 is 9.47 Å². The standard InChI is InChI=1S/C41H38Br2I2N2O6S2/c1-46(2)38(17-36(32-20-54-22-34(32)42)50-30-11-7-24-13-28(44)9-5-26(24)15-30)52-40(48)19-41(49)53-39(47(3)4)18-37(33-21-55-23-35(33)43)51-31-12-8-25-14-29(45)10-6-27(25)16-31/h5-16,20-23,36-39H,17-19H2,1-4H3. The molecule has 0 aliphatic carbocycles. The van der Waals surface area contributed by atoms with Gasteiger partial charge in [-0.15, -0.1) is 0 Å². The van der Waals surface area contributed by atoms with Gasteiger partial charge in [0.05, 0.1) is 0 Å². The predicted molar refractivity (Wildman–Crippen MR) is 245 cm³/mol. The zero-order valence-corrected chi connectivity index (χ0v) is 39.5. The number of hydrogen-bond acceptors (Lipinski definition) is 10. The SMILES string of the molecule is CN(C)C(CC(Oc1ccc2cc(I)ccc2c1)c1cscc1Br)OC(=O)CC(=O)OC(CC(Oc1ccc2cc(I)ccc2c1)c1cscc1Br)N(C)C. The fourth-order valence-corrected chi connectivity index (χ4v) is 10.2. The molecule has 8 nitrogen and oxygen atoms in total. The van der Waals surface area contributed by atoms with E-state index >= 15 is 0 Å².